The zero-order valence-corrected chi connectivity index (χ0v) is 18.6. The molecule has 5 rings (SSSR count). The van der Waals surface area contributed by atoms with Crippen LogP contribution in [-0.2, 0) is 4.79 Å². The van der Waals surface area contributed by atoms with Crippen molar-refractivity contribution in [1.29, 1.82) is 0 Å². The highest BCUT2D eigenvalue weighted by atomic mass is 32.2. The maximum absolute atomic E-state index is 13.4. The first-order valence-corrected chi connectivity index (χ1v) is 11.3. The van der Waals surface area contributed by atoms with Gasteiger partial charge in [-0.15, -0.1) is 10.2 Å². The molecular formula is C25H23N5OS. The van der Waals surface area contributed by atoms with Gasteiger partial charge >= 0.3 is 0 Å². The van der Waals surface area contributed by atoms with Crippen LogP contribution in [0.5, 0.6) is 0 Å². The minimum absolute atomic E-state index is 0.0748. The van der Waals surface area contributed by atoms with Crippen molar-refractivity contribution in [3.8, 4) is 11.4 Å². The van der Waals surface area contributed by atoms with Crippen LogP contribution in [0.4, 0.5) is 5.69 Å². The fourth-order valence-electron chi connectivity index (χ4n) is 3.79. The van der Waals surface area contributed by atoms with E-state index in [9.17, 15) is 4.79 Å². The van der Waals surface area contributed by atoms with E-state index in [1.807, 2.05) is 66.2 Å². The number of aromatic nitrogens is 3. The number of aryl methyl sites for hydroxylation is 2. The molecule has 0 aliphatic carbocycles. The lowest BCUT2D eigenvalue weighted by molar-refractivity contribution is -0.116. The van der Waals surface area contributed by atoms with Gasteiger partial charge in [0.1, 0.15) is 5.25 Å². The highest BCUT2D eigenvalue weighted by Crippen LogP contribution is 2.39. The normalized spacial score (nSPS) is 17.3. The van der Waals surface area contributed by atoms with Gasteiger partial charge in [-0.3, -0.25) is 4.79 Å². The van der Waals surface area contributed by atoms with Crippen LogP contribution in [0, 0.1) is 13.8 Å². The van der Waals surface area contributed by atoms with Gasteiger partial charge < -0.3 is 10.7 Å². The van der Waals surface area contributed by atoms with E-state index in [0.29, 0.717) is 5.16 Å². The first kappa shape index (κ1) is 20.3. The average molecular weight is 442 g/mol. The second-order valence-corrected chi connectivity index (χ2v) is 9.03. The van der Waals surface area contributed by atoms with Crippen LogP contribution in [-0.4, -0.2) is 26.0 Å². The highest BCUT2D eigenvalue weighted by Gasteiger charge is 2.38. The van der Waals surface area contributed by atoms with E-state index < -0.39 is 5.25 Å². The third-order valence-electron chi connectivity index (χ3n) is 5.45. The molecule has 0 saturated heterocycles. The number of anilines is 1. The second-order valence-electron chi connectivity index (χ2n) is 7.92. The van der Waals surface area contributed by atoms with Crippen LogP contribution in [0.25, 0.3) is 11.4 Å². The Morgan fingerprint density at radius 3 is 2.47 bits per heavy atom. The molecule has 0 bridgehead atoms. The number of nitrogens with one attached hydrogen (secondary N) is 2. The molecular weight excluding hydrogens is 418 g/mol. The van der Waals surface area contributed by atoms with Gasteiger partial charge in [-0.05, 0) is 37.1 Å². The SMILES string of the molecule is Cc1ccc([C@@H]2Nn3c(nnc3-c3ccccc3)S[C@H]2C(=O)Nc2cccc(C)c2)cc1. The maximum atomic E-state index is 13.4. The Hall–Kier alpha value is -3.58. The molecule has 4 aromatic rings. The lowest BCUT2D eigenvalue weighted by Crippen LogP contribution is -2.41. The summed E-state index contributed by atoms with van der Waals surface area (Å²) in [7, 11) is 0. The summed E-state index contributed by atoms with van der Waals surface area (Å²) in [6.45, 7) is 4.06. The minimum Gasteiger partial charge on any atom is -0.325 e. The van der Waals surface area contributed by atoms with E-state index >= 15 is 0 Å². The third-order valence-corrected chi connectivity index (χ3v) is 6.66. The van der Waals surface area contributed by atoms with Crippen molar-refractivity contribution < 1.29 is 4.79 Å². The Balaban J connectivity index is 1.51. The highest BCUT2D eigenvalue weighted by molar-refractivity contribution is 8.00. The van der Waals surface area contributed by atoms with Crippen molar-refractivity contribution in [3.63, 3.8) is 0 Å². The Labute approximate surface area is 191 Å². The Bertz CT molecular complexity index is 1250. The molecule has 1 aliphatic heterocycles. The third kappa shape index (κ3) is 3.99. The molecule has 0 saturated carbocycles. The predicted molar refractivity (Wildman–Crippen MR) is 128 cm³/mol. The number of hydrogen-bond donors (Lipinski definition) is 2. The Morgan fingerprint density at radius 2 is 1.72 bits per heavy atom. The molecule has 6 nitrogen and oxygen atoms in total. The van der Waals surface area contributed by atoms with Crippen LogP contribution in [0.15, 0.2) is 84.0 Å². The van der Waals surface area contributed by atoms with Crippen LogP contribution in [0.2, 0.25) is 0 Å². The zero-order chi connectivity index (χ0) is 22.1. The van der Waals surface area contributed by atoms with Gasteiger partial charge in [0, 0.05) is 11.3 Å². The summed E-state index contributed by atoms with van der Waals surface area (Å²) in [4.78, 5) is 13.4. The predicted octanol–water partition coefficient (Wildman–Crippen LogP) is 4.96. The summed E-state index contributed by atoms with van der Waals surface area (Å²) in [6, 6.07) is 25.8. The standard InChI is InChI=1S/C25H23N5OS/c1-16-11-13-18(14-12-16)21-22(24(31)26-20-10-6-7-17(2)15-20)32-25-28-27-23(30(25)29-21)19-8-4-3-5-9-19/h3-15,21-22,29H,1-2H3,(H,26,31)/t21-,22+/m0/s1. The average Bonchev–Trinajstić information content (AvgIpc) is 3.22. The summed E-state index contributed by atoms with van der Waals surface area (Å²) in [5, 5.41) is 12.1. The Kier molecular flexibility index (Phi) is 5.41. The van der Waals surface area contributed by atoms with Crippen molar-refractivity contribution in [3.05, 3.63) is 95.6 Å². The van der Waals surface area contributed by atoms with E-state index in [1.165, 1.54) is 17.3 Å². The van der Waals surface area contributed by atoms with E-state index in [0.717, 1.165) is 28.2 Å². The number of carbonyl (C=O) groups excluding carboxylic acids is 1. The van der Waals surface area contributed by atoms with Gasteiger partial charge in [0.25, 0.3) is 0 Å². The number of rotatable bonds is 4. The molecule has 160 valence electrons. The monoisotopic (exact) mass is 441 g/mol. The van der Waals surface area contributed by atoms with Crippen LogP contribution in [0.3, 0.4) is 0 Å². The molecule has 1 amide bonds. The van der Waals surface area contributed by atoms with Crippen LogP contribution >= 0.6 is 11.8 Å². The topological polar surface area (TPSA) is 71.8 Å². The first-order valence-electron chi connectivity index (χ1n) is 10.5. The van der Waals surface area contributed by atoms with E-state index in [4.69, 9.17) is 0 Å². The number of nitrogens with zero attached hydrogens (tertiary/aromatic N) is 3. The molecule has 0 radical (unpaired) electrons. The number of benzene rings is 3. The lowest BCUT2D eigenvalue weighted by Gasteiger charge is -2.33. The molecule has 1 aliphatic rings. The van der Waals surface area contributed by atoms with Gasteiger partial charge in [0.2, 0.25) is 11.1 Å². The molecule has 1 aromatic heterocycles. The quantitative estimate of drug-likeness (QED) is 0.468. The summed E-state index contributed by atoms with van der Waals surface area (Å²) in [5.74, 6) is 0.650. The molecule has 3 aromatic carbocycles. The fraction of sp³-hybridized carbons (Fsp3) is 0.160. The van der Waals surface area contributed by atoms with Gasteiger partial charge in [-0.25, -0.2) is 4.68 Å². The van der Waals surface area contributed by atoms with Crippen molar-refractivity contribution in [2.75, 3.05) is 10.7 Å². The van der Waals surface area contributed by atoms with Gasteiger partial charge in [-0.1, -0.05) is 84.1 Å². The smallest absolute Gasteiger partial charge is 0.240 e. The van der Waals surface area contributed by atoms with Crippen molar-refractivity contribution >= 4 is 23.4 Å². The second kappa shape index (κ2) is 8.51. The molecule has 2 heterocycles. The van der Waals surface area contributed by atoms with Crippen molar-refractivity contribution in [2.45, 2.75) is 30.3 Å². The number of thioether (sulfide) groups is 1. The summed E-state index contributed by atoms with van der Waals surface area (Å²) >= 11 is 1.43. The van der Waals surface area contributed by atoms with E-state index in [2.05, 4.69) is 52.1 Å². The maximum Gasteiger partial charge on any atom is 0.240 e. The zero-order valence-electron chi connectivity index (χ0n) is 17.8. The molecule has 7 heteroatoms. The van der Waals surface area contributed by atoms with Gasteiger partial charge in [-0.2, -0.15) is 0 Å². The summed E-state index contributed by atoms with van der Waals surface area (Å²) < 4.78 is 1.89. The number of hydrogen-bond acceptors (Lipinski definition) is 5. The van der Waals surface area contributed by atoms with Crippen molar-refractivity contribution in [2.24, 2.45) is 0 Å². The van der Waals surface area contributed by atoms with Crippen LogP contribution < -0.4 is 10.7 Å². The molecule has 0 fully saturated rings. The largest absolute Gasteiger partial charge is 0.325 e. The summed E-state index contributed by atoms with van der Waals surface area (Å²) in [6.07, 6.45) is 0. The first-order chi connectivity index (χ1) is 15.6. The molecule has 2 atom stereocenters. The molecule has 0 spiro atoms. The number of carbonyl (C=O) groups is 1. The van der Waals surface area contributed by atoms with Crippen LogP contribution in [0.1, 0.15) is 22.7 Å². The van der Waals surface area contributed by atoms with Crippen molar-refractivity contribution in [1.82, 2.24) is 14.9 Å². The van der Waals surface area contributed by atoms with Gasteiger partial charge in [0.05, 0.1) is 6.04 Å². The molecule has 32 heavy (non-hydrogen) atoms. The minimum atomic E-state index is -0.418. The number of amides is 1. The summed E-state index contributed by atoms with van der Waals surface area (Å²) in [5.41, 5.74) is 8.57. The molecule has 2 N–H and O–H groups in total. The fourth-order valence-corrected chi connectivity index (χ4v) is 4.87. The Morgan fingerprint density at radius 1 is 0.938 bits per heavy atom. The number of fused-ring (bicyclic) bond motifs is 1. The van der Waals surface area contributed by atoms with Gasteiger partial charge in [0.15, 0.2) is 5.82 Å². The van der Waals surface area contributed by atoms with E-state index in [1.54, 1.807) is 0 Å². The lowest BCUT2D eigenvalue weighted by atomic mass is 10.0. The molecule has 0 unspecified atom stereocenters. The van der Waals surface area contributed by atoms with E-state index in [-0.39, 0.29) is 11.9 Å².